The van der Waals surface area contributed by atoms with Crippen molar-refractivity contribution in [3.8, 4) is 5.75 Å². The van der Waals surface area contributed by atoms with E-state index < -0.39 is 5.97 Å². The standard InChI is InChI=1S/C23H18BrNO2/c1-17-2-11-21(12-3-17)25-16-19-6-13-22(14-7-19)27-23(26)15-8-18-4-9-20(24)10-5-18/h2-16H,1H3/b15-8-,25-16?. The minimum atomic E-state index is -0.418. The largest absolute Gasteiger partial charge is 0.423 e. The molecule has 0 aliphatic carbocycles. The second-order valence-electron chi connectivity index (χ2n) is 5.97. The van der Waals surface area contributed by atoms with E-state index in [1.54, 1.807) is 24.4 Å². The summed E-state index contributed by atoms with van der Waals surface area (Å²) >= 11 is 3.38. The van der Waals surface area contributed by atoms with Crippen LogP contribution in [0.2, 0.25) is 0 Å². The average molecular weight is 420 g/mol. The van der Waals surface area contributed by atoms with Gasteiger partial charge in [-0.1, -0.05) is 45.8 Å². The van der Waals surface area contributed by atoms with Crippen molar-refractivity contribution in [2.24, 2.45) is 4.99 Å². The molecule has 3 aromatic carbocycles. The van der Waals surface area contributed by atoms with Crippen molar-refractivity contribution in [3.05, 3.63) is 100 Å². The van der Waals surface area contributed by atoms with Crippen LogP contribution in [0.15, 0.2) is 88.3 Å². The third-order valence-electron chi connectivity index (χ3n) is 3.78. The van der Waals surface area contributed by atoms with E-state index in [2.05, 4.69) is 20.9 Å². The summed E-state index contributed by atoms with van der Waals surface area (Å²) in [5, 5.41) is 0. The normalized spacial score (nSPS) is 11.2. The molecular weight excluding hydrogens is 402 g/mol. The topological polar surface area (TPSA) is 38.7 Å². The number of rotatable bonds is 5. The van der Waals surface area contributed by atoms with Gasteiger partial charge in [-0.25, -0.2) is 4.79 Å². The minimum absolute atomic E-state index is 0.418. The van der Waals surface area contributed by atoms with Gasteiger partial charge in [0.25, 0.3) is 0 Å². The molecule has 3 nitrogen and oxygen atoms in total. The predicted molar refractivity (Wildman–Crippen MR) is 114 cm³/mol. The molecule has 0 bridgehead atoms. The van der Waals surface area contributed by atoms with Crippen LogP contribution in [0.1, 0.15) is 16.7 Å². The molecule has 0 saturated heterocycles. The summed E-state index contributed by atoms with van der Waals surface area (Å²) in [7, 11) is 0. The van der Waals surface area contributed by atoms with Crippen LogP contribution >= 0.6 is 15.9 Å². The molecule has 0 spiro atoms. The maximum absolute atomic E-state index is 11.9. The van der Waals surface area contributed by atoms with Gasteiger partial charge < -0.3 is 4.74 Å². The molecule has 0 aliphatic heterocycles. The number of carbonyl (C=O) groups is 1. The van der Waals surface area contributed by atoms with Gasteiger partial charge in [-0.05, 0) is 72.7 Å². The van der Waals surface area contributed by atoms with Gasteiger partial charge in [-0.15, -0.1) is 0 Å². The first kappa shape index (κ1) is 18.8. The number of halogens is 1. The van der Waals surface area contributed by atoms with Gasteiger partial charge in [0.1, 0.15) is 5.75 Å². The fourth-order valence-corrected chi connectivity index (χ4v) is 2.55. The highest BCUT2D eigenvalue weighted by Crippen LogP contribution is 2.15. The molecule has 3 rings (SSSR count). The summed E-state index contributed by atoms with van der Waals surface area (Å²) < 4.78 is 6.31. The molecule has 0 saturated carbocycles. The molecule has 0 aliphatic rings. The monoisotopic (exact) mass is 419 g/mol. The zero-order valence-electron chi connectivity index (χ0n) is 14.8. The Kier molecular flexibility index (Phi) is 6.34. The molecular formula is C23H18BrNO2. The maximum Gasteiger partial charge on any atom is 0.336 e. The summed E-state index contributed by atoms with van der Waals surface area (Å²) in [6, 6.07) is 22.9. The van der Waals surface area contributed by atoms with Crippen LogP contribution < -0.4 is 4.74 Å². The lowest BCUT2D eigenvalue weighted by molar-refractivity contribution is -0.128. The Balaban J connectivity index is 1.57. The lowest BCUT2D eigenvalue weighted by Gasteiger charge is -2.02. The van der Waals surface area contributed by atoms with Crippen LogP contribution in [0.5, 0.6) is 5.75 Å². The van der Waals surface area contributed by atoms with Crippen LogP contribution in [0.3, 0.4) is 0 Å². The first-order chi connectivity index (χ1) is 13.1. The molecule has 0 unspecified atom stereocenters. The predicted octanol–water partition coefficient (Wildman–Crippen LogP) is 6.13. The van der Waals surface area contributed by atoms with E-state index >= 15 is 0 Å². The summed E-state index contributed by atoms with van der Waals surface area (Å²) in [5.74, 6) is 0.0759. The van der Waals surface area contributed by atoms with Crippen molar-refractivity contribution in [2.45, 2.75) is 6.92 Å². The number of ether oxygens (including phenoxy) is 1. The number of carbonyl (C=O) groups excluding carboxylic acids is 1. The lowest BCUT2D eigenvalue weighted by atomic mass is 10.2. The van der Waals surface area contributed by atoms with Gasteiger partial charge in [0, 0.05) is 16.8 Å². The summed E-state index contributed by atoms with van der Waals surface area (Å²) in [5.41, 5.74) is 3.96. The molecule has 0 fully saturated rings. The van der Waals surface area contributed by atoms with Gasteiger partial charge in [-0.3, -0.25) is 4.99 Å². The second kappa shape index (κ2) is 9.10. The SMILES string of the molecule is Cc1ccc(N=Cc2ccc(OC(=O)/C=C\c3ccc(Br)cc3)cc2)cc1. The second-order valence-corrected chi connectivity index (χ2v) is 6.88. The quantitative estimate of drug-likeness (QED) is 0.216. The molecule has 0 radical (unpaired) electrons. The Bertz CT molecular complexity index is 957. The fourth-order valence-electron chi connectivity index (χ4n) is 2.29. The highest BCUT2D eigenvalue weighted by molar-refractivity contribution is 9.10. The fraction of sp³-hybridized carbons (Fsp3) is 0.0435. The Morgan fingerprint density at radius 3 is 2.19 bits per heavy atom. The van der Waals surface area contributed by atoms with Gasteiger partial charge in [0.15, 0.2) is 0 Å². The first-order valence-electron chi connectivity index (χ1n) is 8.45. The van der Waals surface area contributed by atoms with Gasteiger partial charge in [-0.2, -0.15) is 0 Å². The van der Waals surface area contributed by atoms with Crippen molar-refractivity contribution in [1.82, 2.24) is 0 Å². The third kappa shape index (κ3) is 6.04. The maximum atomic E-state index is 11.9. The van der Waals surface area contributed by atoms with Gasteiger partial charge in [0.2, 0.25) is 0 Å². The molecule has 0 atom stereocenters. The molecule has 0 N–H and O–H groups in total. The zero-order chi connectivity index (χ0) is 19.1. The van der Waals surface area contributed by atoms with Crippen LogP contribution in [-0.2, 0) is 4.79 Å². The van der Waals surface area contributed by atoms with Crippen molar-refractivity contribution in [3.63, 3.8) is 0 Å². The van der Waals surface area contributed by atoms with Crippen molar-refractivity contribution in [2.75, 3.05) is 0 Å². The van der Waals surface area contributed by atoms with Gasteiger partial charge in [0.05, 0.1) is 5.69 Å². The number of nitrogens with zero attached hydrogens (tertiary/aromatic N) is 1. The summed E-state index contributed by atoms with van der Waals surface area (Å²) in [4.78, 5) is 16.4. The van der Waals surface area contributed by atoms with E-state index in [1.807, 2.05) is 67.6 Å². The molecule has 4 heteroatoms. The molecule has 27 heavy (non-hydrogen) atoms. The number of hydrogen-bond acceptors (Lipinski definition) is 3. The van der Waals surface area contributed by atoms with Crippen molar-refractivity contribution in [1.29, 1.82) is 0 Å². The van der Waals surface area contributed by atoms with Crippen LogP contribution in [0.4, 0.5) is 5.69 Å². The van der Waals surface area contributed by atoms with Crippen molar-refractivity contribution < 1.29 is 9.53 Å². The van der Waals surface area contributed by atoms with E-state index in [9.17, 15) is 4.79 Å². The van der Waals surface area contributed by atoms with Crippen molar-refractivity contribution >= 4 is 39.9 Å². The number of benzene rings is 3. The summed E-state index contributed by atoms with van der Waals surface area (Å²) in [6.07, 6.45) is 4.91. The van der Waals surface area contributed by atoms with E-state index in [0.29, 0.717) is 5.75 Å². The van der Waals surface area contributed by atoms with E-state index in [4.69, 9.17) is 4.74 Å². The van der Waals surface area contributed by atoms with E-state index in [-0.39, 0.29) is 0 Å². The Morgan fingerprint density at radius 1 is 0.889 bits per heavy atom. The number of aliphatic imine (C=N–C) groups is 1. The van der Waals surface area contributed by atoms with E-state index in [1.165, 1.54) is 11.6 Å². The molecule has 134 valence electrons. The van der Waals surface area contributed by atoms with E-state index in [0.717, 1.165) is 21.3 Å². The van der Waals surface area contributed by atoms with Crippen LogP contribution in [-0.4, -0.2) is 12.2 Å². The molecule has 0 heterocycles. The molecule has 3 aromatic rings. The zero-order valence-corrected chi connectivity index (χ0v) is 16.4. The average Bonchev–Trinajstić information content (AvgIpc) is 2.68. The Morgan fingerprint density at radius 2 is 1.52 bits per heavy atom. The highest BCUT2D eigenvalue weighted by atomic mass is 79.9. The number of esters is 1. The lowest BCUT2D eigenvalue weighted by Crippen LogP contribution is -2.03. The van der Waals surface area contributed by atoms with Gasteiger partial charge >= 0.3 is 5.97 Å². The highest BCUT2D eigenvalue weighted by Gasteiger charge is 2.00. The molecule has 0 amide bonds. The minimum Gasteiger partial charge on any atom is -0.423 e. The Labute approximate surface area is 167 Å². The number of hydrogen-bond donors (Lipinski definition) is 0. The number of aryl methyl sites for hydroxylation is 1. The van der Waals surface area contributed by atoms with Crippen LogP contribution in [0.25, 0.3) is 6.08 Å². The smallest absolute Gasteiger partial charge is 0.336 e. The first-order valence-corrected chi connectivity index (χ1v) is 9.24. The summed E-state index contributed by atoms with van der Waals surface area (Å²) in [6.45, 7) is 2.04. The van der Waals surface area contributed by atoms with Crippen LogP contribution in [0, 0.1) is 6.92 Å². The third-order valence-corrected chi connectivity index (χ3v) is 4.31. The Hall–Kier alpha value is -2.98. The molecule has 0 aromatic heterocycles.